The van der Waals surface area contributed by atoms with Crippen LogP contribution in [0.5, 0.6) is 0 Å². The zero-order valence-electron chi connectivity index (χ0n) is 15.9. The largest absolute Gasteiger partial charge is 0.452 e. The van der Waals surface area contributed by atoms with Crippen molar-refractivity contribution in [2.75, 3.05) is 11.9 Å². The first-order chi connectivity index (χ1) is 12.1. The lowest BCUT2D eigenvalue weighted by Gasteiger charge is -2.38. The third kappa shape index (κ3) is 4.51. The van der Waals surface area contributed by atoms with Crippen molar-refractivity contribution in [1.82, 2.24) is 0 Å². The van der Waals surface area contributed by atoms with Crippen LogP contribution in [0.3, 0.4) is 0 Å². The van der Waals surface area contributed by atoms with Crippen LogP contribution in [0.15, 0.2) is 12.2 Å². The summed E-state index contributed by atoms with van der Waals surface area (Å²) in [7, 11) is 0. The highest BCUT2D eigenvalue weighted by Crippen LogP contribution is 2.41. The first kappa shape index (κ1) is 20.1. The van der Waals surface area contributed by atoms with Crippen LogP contribution in [0.25, 0.3) is 0 Å². The molecule has 0 spiro atoms. The Labute approximate surface area is 158 Å². The molecule has 0 fully saturated rings. The lowest BCUT2D eigenvalue weighted by molar-refractivity contribution is -0.789. The molecule has 0 bridgehead atoms. The molecule has 1 aliphatic rings. The predicted octanol–water partition coefficient (Wildman–Crippen LogP) is 2.20. The first-order valence-corrected chi connectivity index (χ1v) is 9.47. The smallest absolute Gasteiger partial charge is 0.330 e. The van der Waals surface area contributed by atoms with Crippen LogP contribution in [-0.4, -0.2) is 24.0 Å². The van der Waals surface area contributed by atoms with Crippen LogP contribution in [0, 0.1) is 11.3 Å². The Morgan fingerprint density at radius 3 is 2.69 bits per heavy atom. The molecule has 0 aliphatic carbocycles. The second-order valence-electron chi connectivity index (χ2n) is 7.72. The molecule has 0 saturated heterocycles. The van der Waals surface area contributed by atoms with Gasteiger partial charge in [-0.25, -0.2) is 4.79 Å². The molecule has 0 saturated carbocycles. The van der Waals surface area contributed by atoms with Crippen molar-refractivity contribution in [2.45, 2.75) is 58.5 Å². The molecule has 2 rings (SSSR count). The highest BCUT2D eigenvalue weighted by molar-refractivity contribution is 7.16. The molecule has 26 heavy (non-hydrogen) atoms. The SMILES string of the molecule is CC/C=C/C(=O)OCC(=O)Nc1sc2c(c1C#N)CC(C)(C)[NH2+]C2(C)C. The zero-order chi connectivity index (χ0) is 19.5. The number of carbonyl (C=O) groups excluding carboxylic acids is 2. The Balaban J connectivity index is 2.18. The molecular formula is C19H26N3O3S+. The number of esters is 1. The number of hydrogen-bond acceptors (Lipinski definition) is 5. The minimum Gasteiger partial charge on any atom is -0.452 e. The maximum atomic E-state index is 12.1. The summed E-state index contributed by atoms with van der Waals surface area (Å²) < 4.78 is 4.91. The fourth-order valence-electron chi connectivity index (χ4n) is 3.47. The number of allylic oxidation sites excluding steroid dienone is 1. The molecule has 1 aliphatic heterocycles. The molecule has 0 atom stereocenters. The quantitative estimate of drug-likeness (QED) is 0.608. The van der Waals surface area contributed by atoms with Crippen molar-refractivity contribution in [1.29, 1.82) is 5.26 Å². The van der Waals surface area contributed by atoms with Gasteiger partial charge in [-0.3, -0.25) is 4.79 Å². The van der Waals surface area contributed by atoms with Crippen molar-refractivity contribution in [2.24, 2.45) is 0 Å². The number of nitriles is 1. The average molecular weight is 377 g/mol. The third-order valence-corrected chi connectivity index (χ3v) is 5.66. The van der Waals surface area contributed by atoms with Gasteiger partial charge in [0.2, 0.25) is 0 Å². The fourth-order valence-corrected chi connectivity index (χ4v) is 4.73. The summed E-state index contributed by atoms with van der Waals surface area (Å²) in [6.07, 6.45) is 4.45. The summed E-state index contributed by atoms with van der Waals surface area (Å²) in [6, 6.07) is 2.24. The van der Waals surface area contributed by atoms with Gasteiger partial charge in [-0.05, 0) is 39.7 Å². The van der Waals surface area contributed by atoms with Crippen molar-refractivity contribution < 1.29 is 19.6 Å². The van der Waals surface area contributed by atoms with Gasteiger partial charge in [-0.2, -0.15) is 5.26 Å². The van der Waals surface area contributed by atoms with Crippen molar-refractivity contribution in [3.63, 3.8) is 0 Å². The number of anilines is 1. The summed E-state index contributed by atoms with van der Waals surface area (Å²) in [5.41, 5.74) is 1.33. The van der Waals surface area contributed by atoms with Gasteiger partial charge in [0.15, 0.2) is 6.61 Å². The molecule has 0 unspecified atom stereocenters. The molecule has 3 N–H and O–H groups in total. The maximum Gasteiger partial charge on any atom is 0.330 e. The highest BCUT2D eigenvalue weighted by atomic mass is 32.1. The maximum absolute atomic E-state index is 12.1. The first-order valence-electron chi connectivity index (χ1n) is 8.66. The summed E-state index contributed by atoms with van der Waals surface area (Å²) in [5, 5.41) is 15.2. The van der Waals surface area contributed by atoms with Crippen LogP contribution in [-0.2, 0) is 26.3 Å². The van der Waals surface area contributed by atoms with Crippen molar-refractivity contribution in [3.8, 4) is 6.07 Å². The summed E-state index contributed by atoms with van der Waals surface area (Å²) in [5.74, 6) is -0.996. The fraction of sp³-hybridized carbons (Fsp3) is 0.526. The van der Waals surface area contributed by atoms with Crippen LogP contribution in [0.2, 0.25) is 0 Å². The molecule has 1 aromatic heterocycles. The van der Waals surface area contributed by atoms with Gasteiger partial charge >= 0.3 is 5.97 Å². The average Bonchev–Trinajstić information content (AvgIpc) is 2.86. The van der Waals surface area contributed by atoms with Gasteiger partial charge in [-0.15, -0.1) is 11.3 Å². The van der Waals surface area contributed by atoms with Gasteiger partial charge in [-0.1, -0.05) is 13.0 Å². The number of thiophene rings is 1. The Hall–Kier alpha value is -2.17. The summed E-state index contributed by atoms with van der Waals surface area (Å²) >= 11 is 1.43. The topological polar surface area (TPSA) is 95.8 Å². The predicted molar refractivity (Wildman–Crippen MR) is 101 cm³/mol. The second kappa shape index (κ2) is 7.60. The van der Waals surface area contributed by atoms with Gasteiger partial charge in [0, 0.05) is 12.5 Å². The third-order valence-electron chi connectivity index (χ3n) is 4.18. The van der Waals surface area contributed by atoms with E-state index in [0.717, 1.165) is 23.3 Å². The standard InChI is InChI=1S/C19H25N3O3S/c1-6-7-8-15(24)25-11-14(23)21-17-13(10-20)12-9-18(2,3)22-19(4,5)16(12)26-17/h7-8,22H,6,9,11H2,1-5H3,(H,21,23)/p+1/b8-7+. The number of nitrogens with two attached hydrogens (primary N) is 1. The van der Waals surface area contributed by atoms with E-state index in [4.69, 9.17) is 4.74 Å². The van der Waals surface area contributed by atoms with E-state index < -0.39 is 11.9 Å². The van der Waals surface area contributed by atoms with Crippen LogP contribution < -0.4 is 10.6 Å². The van der Waals surface area contributed by atoms with Gasteiger partial charge in [0.25, 0.3) is 5.91 Å². The molecule has 1 aromatic rings. The van der Waals surface area contributed by atoms with Gasteiger partial charge in [0.05, 0.1) is 16.0 Å². The zero-order valence-corrected chi connectivity index (χ0v) is 16.8. The number of carbonyl (C=O) groups is 2. The minimum atomic E-state index is -0.550. The van der Waals surface area contributed by atoms with E-state index in [9.17, 15) is 14.9 Å². The molecule has 6 nitrogen and oxygen atoms in total. The lowest BCUT2D eigenvalue weighted by atomic mass is 9.81. The van der Waals surface area contributed by atoms with Crippen LogP contribution in [0.1, 0.15) is 57.0 Å². The number of quaternary nitrogens is 1. The van der Waals surface area contributed by atoms with E-state index >= 15 is 0 Å². The van der Waals surface area contributed by atoms with E-state index in [0.29, 0.717) is 10.6 Å². The van der Waals surface area contributed by atoms with E-state index in [1.807, 2.05) is 6.92 Å². The molecule has 0 aromatic carbocycles. The van der Waals surface area contributed by atoms with E-state index in [1.54, 1.807) is 6.08 Å². The van der Waals surface area contributed by atoms with Crippen molar-refractivity contribution >= 4 is 28.2 Å². The second-order valence-corrected chi connectivity index (χ2v) is 8.74. The van der Waals surface area contributed by atoms with Crippen molar-refractivity contribution in [3.05, 3.63) is 28.2 Å². The lowest BCUT2D eigenvalue weighted by Crippen LogP contribution is -3.03. The van der Waals surface area contributed by atoms with E-state index in [1.165, 1.54) is 17.4 Å². The van der Waals surface area contributed by atoms with E-state index in [-0.39, 0.29) is 17.7 Å². The number of amides is 1. The molecule has 0 radical (unpaired) electrons. The van der Waals surface area contributed by atoms with Crippen LogP contribution >= 0.6 is 11.3 Å². The van der Waals surface area contributed by atoms with Gasteiger partial charge in [0.1, 0.15) is 16.6 Å². The monoisotopic (exact) mass is 376 g/mol. The summed E-state index contributed by atoms with van der Waals surface area (Å²) in [6.45, 7) is 10.1. The number of nitrogens with zero attached hydrogens (tertiary/aromatic N) is 1. The molecular weight excluding hydrogens is 350 g/mol. The highest BCUT2D eigenvalue weighted by Gasteiger charge is 2.44. The number of rotatable bonds is 5. The Bertz CT molecular complexity index is 785. The summed E-state index contributed by atoms with van der Waals surface area (Å²) in [4.78, 5) is 24.7. The Morgan fingerprint density at radius 1 is 1.38 bits per heavy atom. The molecule has 1 amide bonds. The Kier molecular flexibility index (Phi) is 5.89. The number of ether oxygens (including phenoxy) is 1. The Morgan fingerprint density at radius 2 is 2.08 bits per heavy atom. The molecule has 140 valence electrons. The number of hydrogen-bond donors (Lipinski definition) is 2. The number of fused-ring (bicyclic) bond motifs is 1. The van der Waals surface area contributed by atoms with Gasteiger partial charge < -0.3 is 15.4 Å². The number of nitrogens with one attached hydrogen (secondary N) is 1. The normalized spacial score (nSPS) is 17.4. The molecule has 7 heteroatoms. The minimum absolute atomic E-state index is 0.0222. The van der Waals surface area contributed by atoms with Crippen LogP contribution in [0.4, 0.5) is 5.00 Å². The molecule has 2 heterocycles. The van der Waals surface area contributed by atoms with E-state index in [2.05, 4.69) is 44.4 Å².